The number of likely N-dealkylation sites (tertiary alicyclic amines) is 1. The minimum absolute atomic E-state index is 0.790. The summed E-state index contributed by atoms with van der Waals surface area (Å²) < 4.78 is 5.57. The third-order valence-electron chi connectivity index (χ3n) is 4.45. The van der Waals surface area contributed by atoms with Crippen LogP contribution in [0.3, 0.4) is 0 Å². The molecule has 0 bridgehead atoms. The van der Waals surface area contributed by atoms with Crippen LogP contribution in [0.15, 0.2) is 0 Å². The molecule has 0 aromatic carbocycles. The van der Waals surface area contributed by atoms with Gasteiger partial charge in [-0.25, -0.2) is 0 Å². The fourth-order valence-electron chi connectivity index (χ4n) is 3.60. The van der Waals surface area contributed by atoms with E-state index in [9.17, 15) is 0 Å². The maximum Gasteiger partial charge on any atom is 0.0506 e. The average molecular weight is 224 g/mol. The summed E-state index contributed by atoms with van der Waals surface area (Å²) in [5.41, 5.74) is 0. The van der Waals surface area contributed by atoms with Crippen molar-refractivity contribution < 1.29 is 4.74 Å². The molecule has 92 valence electrons. The van der Waals surface area contributed by atoms with E-state index < -0.39 is 0 Å². The predicted molar refractivity (Wildman–Crippen MR) is 64.5 cm³/mol. The average Bonchev–Trinajstić information content (AvgIpc) is 2.72. The lowest BCUT2D eigenvalue weighted by molar-refractivity contribution is 0.0412. The predicted octanol–water partition coefficient (Wildman–Crippen LogP) is 1.10. The van der Waals surface area contributed by atoms with Gasteiger partial charge in [0.15, 0.2) is 0 Å². The standard InChI is InChI=1S/C13H24N2O/c1-4-12-8-15(9-13(12)14-5-1)7-11-3-2-6-16-10-11/h11-14H,1-10H2/t11?,12-,13+/m0/s1. The first-order valence-corrected chi connectivity index (χ1v) is 6.95. The van der Waals surface area contributed by atoms with Crippen molar-refractivity contribution in [3.8, 4) is 0 Å². The first-order chi connectivity index (χ1) is 7.92. The molecular formula is C13H24N2O. The van der Waals surface area contributed by atoms with Gasteiger partial charge in [-0.15, -0.1) is 0 Å². The monoisotopic (exact) mass is 224 g/mol. The second-order valence-electron chi connectivity index (χ2n) is 5.76. The van der Waals surface area contributed by atoms with Gasteiger partial charge in [0.1, 0.15) is 0 Å². The van der Waals surface area contributed by atoms with Crippen molar-refractivity contribution in [3.05, 3.63) is 0 Å². The molecule has 3 rings (SSSR count). The molecule has 0 amide bonds. The summed E-state index contributed by atoms with van der Waals surface area (Å²) in [6.07, 6.45) is 5.46. The van der Waals surface area contributed by atoms with Gasteiger partial charge in [-0.05, 0) is 44.1 Å². The molecule has 0 saturated carbocycles. The molecule has 3 saturated heterocycles. The Labute approximate surface area is 98.5 Å². The lowest BCUT2D eigenvalue weighted by Gasteiger charge is -2.26. The molecule has 3 atom stereocenters. The Morgan fingerprint density at radius 3 is 3.00 bits per heavy atom. The lowest BCUT2D eigenvalue weighted by Crippen LogP contribution is -2.41. The zero-order valence-corrected chi connectivity index (χ0v) is 10.2. The van der Waals surface area contributed by atoms with Crippen molar-refractivity contribution in [1.82, 2.24) is 10.2 Å². The van der Waals surface area contributed by atoms with Crippen molar-refractivity contribution in [1.29, 1.82) is 0 Å². The van der Waals surface area contributed by atoms with Crippen LogP contribution in [0.2, 0.25) is 0 Å². The zero-order valence-electron chi connectivity index (χ0n) is 10.2. The van der Waals surface area contributed by atoms with Crippen LogP contribution in [0.1, 0.15) is 25.7 Å². The van der Waals surface area contributed by atoms with Gasteiger partial charge in [0.2, 0.25) is 0 Å². The first-order valence-electron chi connectivity index (χ1n) is 6.95. The van der Waals surface area contributed by atoms with E-state index in [0.29, 0.717) is 0 Å². The molecule has 3 heteroatoms. The largest absolute Gasteiger partial charge is 0.381 e. The molecule has 3 heterocycles. The van der Waals surface area contributed by atoms with Crippen LogP contribution in [-0.4, -0.2) is 50.3 Å². The molecule has 3 fully saturated rings. The smallest absolute Gasteiger partial charge is 0.0506 e. The molecule has 0 aromatic rings. The van der Waals surface area contributed by atoms with Gasteiger partial charge >= 0.3 is 0 Å². The van der Waals surface area contributed by atoms with Gasteiger partial charge < -0.3 is 15.0 Å². The van der Waals surface area contributed by atoms with E-state index in [4.69, 9.17) is 4.74 Å². The zero-order chi connectivity index (χ0) is 10.8. The van der Waals surface area contributed by atoms with E-state index in [0.717, 1.165) is 31.1 Å². The van der Waals surface area contributed by atoms with Crippen molar-refractivity contribution in [2.24, 2.45) is 11.8 Å². The normalized spacial score (nSPS) is 40.9. The number of nitrogens with zero attached hydrogens (tertiary/aromatic N) is 1. The third-order valence-corrected chi connectivity index (χ3v) is 4.45. The van der Waals surface area contributed by atoms with Crippen molar-refractivity contribution in [2.45, 2.75) is 31.7 Å². The maximum atomic E-state index is 5.57. The fraction of sp³-hybridized carbons (Fsp3) is 1.00. The van der Waals surface area contributed by atoms with Crippen LogP contribution >= 0.6 is 0 Å². The minimum atomic E-state index is 0.790. The Hall–Kier alpha value is -0.120. The highest BCUT2D eigenvalue weighted by Crippen LogP contribution is 2.26. The van der Waals surface area contributed by atoms with E-state index in [1.54, 1.807) is 0 Å². The van der Waals surface area contributed by atoms with E-state index in [2.05, 4.69) is 10.2 Å². The summed E-state index contributed by atoms with van der Waals surface area (Å²) in [5.74, 6) is 1.73. The molecule has 3 nitrogen and oxygen atoms in total. The summed E-state index contributed by atoms with van der Waals surface area (Å²) in [4.78, 5) is 2.67. The lowest BCUT2D eigenvalue weighted by atomic mass is 9.94. The van der Waals surface area contributed by atoms with Crippen molar-refractivity contribution in [2.75, 3.05) is 39.4 Å². The van der Waals surface area contributed by atoms with Gasteiger partial charge in [-0.1, -0.05) is 0 Å². The molecular weight excluding hydrogens is 200 g/mol. The van der Waals surface area contributed by atoms with E-state index >= 15 is 0 Å². The summed E-state index contributed by atoms with van der Waals surface area (Å²) in [5, 5.41) is 3.68. The van der Waals surface area contributed by atoms with Crippen molar-refractivity contribution >= 4 is 0 Å². The summed E-state index contributed by atoms with van der Waals surface area (Å²) in [6.45, 7) is 7.11. The Morgan fingerprint density at radius 1 is 1.19 bits per heavy atom. The highest BCUT2D eigenvalue weighted by molar-refractivity contribution is 4.92. The van der Waals surface area contributed by atoms with E-state index in [-0.39, 0.29) is 0 Å². The van der Waals surface area contributed by atoms with Gasteiger partial charge in [-0.2, -0.15) is 0 Å². The van der Waals surface area contributed by atoms with Crippen LogP contribution in [-0.2, 0) is 4.74 Å². The van der Waals surface area contributed by atoms with Gasteiger partial charge in [-0.3, -0.25) is 0 Å². The van der Waals surface area contributed by atoms with Crippen molar-refractivity contribution in [3.63, 3.8) is 0 Å². The Morgan fingerprint density at radius 2 is 2.19 bits per heavy atom. The second kappa shape index (κ2) is 5.03. The summed E-state index contributed by atoms with van der Waals surface area (Å²) >= 11 is 0. The quantitative estimate of drug-likeness (QED) is 0.760. The molecule has 1 unspecified atom stereocenters. The SMILES string of the molecule is C1COCC(CN2C[C@@H]3CCCN[C@@H]3C2)C1. The summed E-state index contributed by atoms with van der Waals surface area (Å²) in [7, 11) is 0. The van der Waals surface area contributed by atoms with Crippen LogP contribution in [0.4, 0.5) is 0 Å². The fourth-order valence-corrected chi connectivity index (χ4v) is 3.60. The van der Waals surface area contributed by atoms with E-state index in [1.807, 2.05) is 0 Å². The molecule has 1 N–H and O–H groups in total. The van der Waals surface area contributed by atoms with Gasteiger partial charge in [0, 0.05) is 32.3 Å². The van der Waals surface area contributed by atoms with E-state index in [1.165, 1.54) is 51.9 Å². The van der Waals surface area contributed by atoms with Gasteiger partial charge in [0.25, 0.3) is 0 Å². The van der Waals surface area contributed by atoms with Gasteiger partial charge in [0.05, 0.1) is 6.61 Å². The molecule has 3 aliphatic heterocycles. The number of hydrogen-bond donors (Lipinski definition) is 1. The first kappa shape index (κ1) is 11.0. The topological polar surface area (TPSA) is 24.5 Å². The maximum absolute atomic E-state index is 5.57. The number of fused-ring (bicyclic) bond motifs is 1. The molecule has 0 aromatic heterocycles. The van der Waals surface area contributed by atoms with Crippen LogP contribution < -0.4 is 5.32 Å². The molecule has 3 aliphatic rings. The minimum Gasteiger partial charge on any atom is -0.381 e. The Bertz CT molecular complexity index is 214. The number of ether oxygens (including phenoxy) is 1. The number of hydrogen-bond acceptors (Lipinski definition) is 3. The molecule has 0 aliphatic carbocycles. The highest BCUT2D eigenvalue weighted by atomic mass is 16.5. The van der Waals surface area contributed by atoms with Crippen LogP contribution in [0, 0.1) is 11.8 Å². The van der Waals surface area contributed by atoms with Crippen LogP contribution in [0.25, 0.3) is 0 Å². The highest BCUT2D eigenvalue weighted by Gasteiger charge is 2.34. The Balaban J connectivity index is 1.49. The molecule has 0 spiro atoms. The molecule has 16 heavy (non-hydrogen) atoms. The second-order valence-corrected chi connectivity index (χ2v) is 5.76. The number of nitrogens with one attached hydrogen (secondary N) is 1. The summed E-state index contributed by atoms with van der Waals surface area (Å²) in [6, 6.07) is 0.790. The number of piperidine rings is 1. The number of rotatable bonds is 2. The van der Waals surface area contributed by atoms with Crippen LogP contribution in [0.5, 0.6) is 0 Å². The third kappa shape index (κ3) is 2.41. The Kier molecular flexibility index (Phi) is 3.46. The molecule has 0 radical (unpaired) electrons.